The fraction of sp³-hybridized carbons (Fsp3) is 0.214. The number of aromatic nitrogens is 1. The normalized spacial score (nSPS) is 11.2. The van der Waals surface area contributed by atoms with Crippen molar-refractivity contribution in [2.24, 2.45) is 0 Å². The molecule has 3 nitrogen and oxygen atoms in total. The van der Waals surface area contributed by atoms with E-state index in [1.54, 1.807) is 24.4 Å². The van der Waals surface area contributed by atoms with E-state index in [4.69, 9.17) is 4.74 Å². The molecule has 1 N–H and O–H groups in total. The van der Waals surface area contributed by atoms with Gasteiger partial charge in [0.2, 0.25) is 5.88 Å². The van der Waals surface area contributed by atoms with Gasteiger partial charge in [-0.1, -0.05) is 12.1 Å². The van der Waals surface area contributed by atoms with Crippen LogP contribution in [0.3, 0.4) is 0 Å². The molecule has 0 aliphatic heterocycles. The Hall–Kier alpha value is -2.24. The first-order valence-electron chi connectivity index (χ1n) is 5.89. The highest BCUT2D eigenvalue weighted by atomic mass is 19.4. The predicted octanol–water partition coefficient (Wildman–Crippen LogP) is 3.72. The third kappa shape index (κ3) is 3.40. The number of hydrogen-bond donors (Lipinski definition) is 1. The number of rotatable bonds is 4. The average Bonchev–Trinajstić information content (AvgIpc) is 2.45. The number of alkyl halides is 3. The Balaban J connectivity index is 2.11. The van der Waals surface area contributed by atoms with Crippen molar-refractivity contribution in [1.29, 1.82) is 0 Å². The maximum atomic E-state index is 12.6. The van der Waals surface area contributed by atoms with Gasteiger partial charge in [0.25, 0.3) is 0 Å². The molecule has 2 aromatic rings. The molecule has 0 unspecified atom stereocenters. The number of benzene rings is 1. The lowest BCUT2D eigenvalue weighted by Gasteiger charge is -2.11. The lowest BCUT2D eigenvalue weighted by molar-refractivity contribution is -0.137. The van der Waals surface area contributed by atoms with Gasteiger partial charge in [-0.2, -0.15) is 13.2 Å². The molecule has 20 heavy (non-hydrogen) atoms. The molecule has 1 aromatic carbocycles. The van der Waals surface area contributed by atoms with Crippen molar-refractivity contribution in [1.82, 2.24) is 4.98 Å². The number of anilines is 1. The fourth-order valence-corrected chi connectivity index (χ4v) is 1.75. The van der Waals surface area contributed by atoms with Crippen LogP contribution >= 0.6 is 0 Å². The van der Waals surface area contributed by atoms with Crippen molar-refractivity contribution < 1.29 is 17.9 Å². The highest BCUT2D eigenvalue weighted by Crippen LogP contribution is 2.30. The number of methoxy groups -OCH3 is 1. The molecule has 2 rings (SSSR count). The summed E-state index contributed by atoms with van der Waals surface area (Å²) < 4.78 is 42.9. The second-order valence-electron chi connectivity index (χ2n) is 4.10. The summed E-state index contributed by atoms with van der Waals surface area (Å²) in [4.78, 5) is 4.02. The summed E-state index contributed by atoms with van der Waals surface area (Å²) in [5.74, 6) is 0.451. The smallest absolute Gasteiger partial charge is 0.416 e. The highest BCUT2D eigenvalue weighted by molar-refractivity contribution is 5.47. The molecule has 1 heterocycles. The molecule has 0 aliphatic carbocycles. The summed E-state index contributed by atoms with van der Waals surface area (Å²) in [7, 11) is 1.50. The number of hydrogen-bond acceptors (Lipinski definition) is 3. The number of ether oxygens (including phenoxy) is 1. The summed E-state index contributed by atoms with van der Waals surface area (Å²) in [6, 6.07) is 8.60. The van der Waals surface area contributed by atoms with Crippen LogP contribution in [-0.2, 0) is 12.7 Å². The molecule has 0 fully saturated rings. The van der Waals surface area contributed by atoms with Crippen molar-refractivity contribution in [2.75, 3.05) is 12.4 Å². The Morgan fingerprint density at radius 1 is 1.20 bits per heavy atom. The first-order valence-corrected chi connectivity index (χ1v) is 5.89. The lowest BCUT2D eigenvalue weighted by atomic mass is 10.2. The second kappa shape index (κ2) is 5.81. The maximum Gasteiger partial charge on any atom is 0.416 e. The molecule has 0 radical (unpaired) electrons. The van der Waals surface area contributed by atoms with Gasteiger partial charge < -0.3 is 10.1 Å². The van der Waals surface area contributed by atoms with Crippen molar-refractivity contribution in [3.05, 3.63) is 53.7 Å². The van der Waals surface area contributed by atoms with Crippen molar-refractivity contribution in [2.45, 2.75) is 12.7 Å². The van der Waals surface area contributed by atoms with Crippen LogP contribution in [0, 0.1) is 0 Å². The second-order valence-corrected chi connectivity index (χ2v) is 4.10. The van der Waals surface area contributed by atoms with E-state index in [-0.39, 0.29) is 0 Å². The molecule has 6 heteroatoms. The molecule has 0 atom stereocenters. The van der Waals surface area contributed by atoms with Gasteiger partial charge in [0.1, 0.15) is 0 Å². The molecule has 0 bridgehead atoms. The number of nitrogens with one attached hydrogen (secondary N) is 1. The molecule has 106 valence electrons. The molecule has 0 amide bonds. The van der Waals surface area contributed by atoms with Gasteiger partial charge in [-0.3, -0.25) is 0 Å². The van der Waals surface area contributed by atoms with Gasteiger partial charge in [0.05, 0.1) is 12.7 Å². The summed E-state index contributed by atoms with van der Waals surface area (Å²) in [5.41, 5.74) is 0.485. The third-order valence-electron chi connectivity index (χ3n) is 2.72. The topological polar surface area (TPSA) is 34.1 Å². The van der Waals surface area contributed by atoms with E-state index in [9.17, 15) is 13.2 Å². The zero-order valence-corrected chi connectivity index (χ0v) is 10.7. The van der Waals surface area contributed by atoms with Crippen LogP contribution in [0.2, 0.25) is 0 Å². The van der Waals surface area contributed by atoms with Crippen LogP contribution in [0.25, 0.3) is 0 Å². The monoisotopic (exact) mass is 282 g/mol. The minimum atomic E-state index is -4.34. The van der Waals surface area contributed by atoms with Gasteiger partial charge in [-0.05, 0) is 24.3 Å². The van der Waals surface area contributed by atoms with Crippen molar-refractivity contribution >= 4 is 5.69 Å². The van der Waals surface area contributed by atoms with Crippen LogP contribution < -0.4 is 10.1 Å². The molecule has 0 saturated heterocycles. The standard InChI is InChI=1S/C14H13F3N2O/c1-20-13-10(4-3-7-18-13)9-19-12-6-2-5-11(8-12)14(15,16)17/h2-8,19H,9H2,1H3. The zero-order valence-electron chi connectivity index (χ0n) is 10.7. The Kier molecular flexibility index (Phi) is 4.12. The first-order chi connectivity index (χ1) is 9.50. The van der Waals surface area contributed by atoms with E-state index in [1.165, 1.54) is 13.2 Å². The third-order valence-corrected chi connectivity index (χ3v) is 2.72. The number of nitrogens with zero attached hydrogens (tertiary/aromatic N) is 1. The van der Waals surface area contributed by atoms with Gasteiger partial charge in [-0.15, -0.1) is 0 Å². The highest BCUT2D eigenvalue weighted by Gasteiger charge is 2.30. The zero-order chi connectivity index (χ0) is 14.6. The number of pyridine rings is 1. The summed E-state index contributed by atoms with van der Waals surface area (Å²) in [6.07, 6.45) is -2.75. The molecule has 0 spiro atoms. The summed E-state index contributed by atoms with van der Waals surface area (Å²) >= 11 is 0. The van der Waals surface area contributed by atoms with Crippen LogP contribution in [-0.4, -0.2) is 12.1 Å². The molecule has 0 saturated carbocycles. The minimum Gasteiger partial charge on any atom is -0.481 e. The minimum absolute atomic E-state index is 0.332. The van der Waals surface area contributed by atoms with Crippen molar-refractivity contribution in [3.8, 4) is 5.88 Å². The quantitative estimate of drug-likeness (QED) is 0.928. The average molecular weight is 282 g/mol. The molecular weight excluding hydrogens is 269 g/mol. The van der Waals surface area contributed by atoms with Gasteiger partial charge in [0.15, 0.2) is 0 Å². The lowest BCUT2D eigenvalue weighted by Crippen LogP contribution is -2.07. The summed E-state index contributed by atoms with van der Waals surface area (Å²) in [6.45, 7) is 0.332. The van der Waals surface area contributed by atoms with E-state index in [2.05, 4.69) is 10.3 Å². The summed E-state index contributed by atoms with van der Waals surface area (Å²) in [5, 5.41) is 2.93. The Morgan fingerprint density at radius 3 is 2.70 bits per heavy atom. The Morgan fingerprint density at radius 2 is 2.00 bits per heavy atom. The van der Waals surface area contributed by atoms with Crippen LogP contribution in [0.4, 0.5) is 18.9 Å². The molecule has 1 aromatic heterocycles. The van der Waals surface area contributed by atoms with Crippen LogP contribution in [0.1, 0.15) is 11.1 Å². The van der Waals surface area contributed by atoms with Crippen LogP contribution in [0.15, 0.2) is 42.6 Å². The Labute approximate surface area is 114 Å². The molecular formula is C14H13F3N2O. The number of halogens is 3. The van der Waals surface area contributed by atoms with E-state index >= 15 is 0 Å². The van der Waals surface area contributed by atoms with Gasteiger partial charge in [-0.25, -0.2) is 4.98 Å². The van der Waals surface area contributed by atoms with Crippen LogP contribution in [0.5, 0.6) is 5.88 Å². The maximum absolute atomic E-state index is 12.6. The largest absolute Gasteiger partial charge is 0.481 e. The SMILES string of the molecule is COc1ncccc1CNc1cccc(C(F)(F)F)c1. The van der Waals surface area contributed by atoms with E-state index < -0.39 is 11.7 Å². The van der Waals surface area contributed by atoms with E-state index in [0.717, 1.165) is 17.7 Å². The fourth-order valence-electron chi connectivity index (χ4n) is 1.75. The van der Waals surface area contributed by atoms with E-state index in [1.807, 2.05) is 0 Å². The molecule has 0 aliphatic rings. The van der Waals surface area contributed by atoms with Crippen molar-refractivity contribution in [3.63, 3.8) is 0 Å². The van der Waals surface area contributed by atoms with Gasteiger partial charge in [0, 0.05) is 24.0 Å². The van der Waals surface area contributed by atoms with Gasteiger partial charge >= 0.3 is 6.18 Å². The Bertz CT molecular complexity index is 585. The first kappa shape index (κ1) is 14.2. The van der Waals surface area contributed by atoms with E-state index in [0.29, 0.717) is 18.1 Å². The predicted molar refractivity (Wildman–Crippen MR) is 69.6 cm³/mol.